The second-order valence-corrected chi connectivity index (χ2v) is 4.14. The summed E-state index contributed by atoms with van der Waals surface area (Å²) in [6.45, 7) is 3.69. The highest BCUT2D eigenvalue weighted by Crippen LogP contribution is 2.23. The molecule has 3 nitrogen and oxygen atoms in total. The molecule has 1 aromatic carbocycles. The summed E-state index contributed by atoms with van der Waals surface area (Å²) >= 11 is 3.60. The minimum absolute atomic E-state index is 0.197. The molecule has 0 saturated heterocycles. The molecule has 0 bridgehead atoms. The number of carbonyl (C=O) groups is 1. The second-order valence-electron chi connectivity index (χ2n) is 3.96. The van der Waals surface area contributed by atoms with E-state index in [0.717, 1.165) is 13.1 Å². The zero-order chi connectivity index (χ0) is 11.5. The third-order valence-electron chi connectivity index (χ3n) is 3.11. The van der Waals surface area contributed by atoms with E-state index in [2.05, 4.69) is 34.1 Å². The summed E-state index contributed by atoms with van der Waals surface area (Å²) in [6, 6.07) is 8.02. The monoisotopic (exact) mass is 237 g/mol. The molecule has 1 atom stereocenters. The molecule has 86 valence electrons. The van der Waals surface area contributed by atoms with Crippen molar-refractivity contribution in [3.63, 3.8) is 0 Å². The summed E-state index contributed by atoms with van der Waals surface area (Å²) < 4.78 is 4.55. The van der Waals surface area contributed by atoms with Crippen LogP contribution in [0.4, 0.5) is 0 Å². The molecule has 0 aromatic heterocycles. The van der Waals surface area contributed by atoms with Crippen LogP contribution in [0.5, 0.6) is 0 Å². The summed E-state index contributed by atoms with van der Waals surface area (Å²) in [4.78, 5) is 13.7. The van der Waals surface area contributed by atoms with Gasteiger partial charge in [-0.2, -0.15) is 0 Å². The van der Waals surface area contributed by atoms with Gasteiger partial charge in [-0.3, -0.25) is 4.90 Å². The molecular weight excluding hydrogens is 222 g/mol. The SMILES string of the molecule is CCN1Cc2ccccc2CC1C(=O)OS. The van der Waals surface area contributed by atoms with Crippen molar-refractivity contribution >= 4 is 18.9 Å². The van der Waals surface area contributed by atoms with Crippen molar-refractivity contribution in [2.24, 2.45) is 0 Å². The zero-order valence-electron chi connectivity index (χ0n) is 9.22. The van der Waals surface area contributed by atoms with Gasteiger partial charge in [0.1, 0.15) is 6.04 Å². The van der Waals surface area contributed by atoms with Crippen LogP contribution in [0, 0.1) is 0 Å². The van der Waals surface area contributed by atoms with Gasteiger partial charge in [0.05, 0.1) is 0 Å². The third kappa shape index (κ3) is 2.08. The molecule has 0 spiro atoms. The molecule has 1 heterocycles. The molecule has 1 aliphatic rings. The molecule has 1 unspecified atom stereocenters. The highest BCUT2D eigenvalue weighted by molar-refractivity contribution is 7.75. The normalized spacial score (nSPS) is 20.2. The van der Waals surface area contributed by atoms with Crippen LogP contribution in [-0.4, -0.2) is 23.5 Å². The molecule has 4 heteroatoms. The molecule has 0 saturated carbocycles. The summed E-state index contributed by atoms with van der Waals surface area (Å²) in [7, 11) is 0. The fourth-order valence-corrected chi connectivity index (χ4v) is 2.32. The van der Waals surface area contributed by atoms with Crippen molar-refractivity contribution in [2.75, 3.05) is 6.54 Å². The number of rotatable bonds is 2. The van der Waals surface area contributed by atoms with Crippen LogP contribution < -0.4 is 0 Å². The average Bonchev–Trinajstić information content (AvgIpc) is 2.36. The van der Waals surface area contributed by atoms with Gasteiger partial charge < -0.3 is 4.18 Å². The lowest BCUT2D eigenvalue weighted by Crippen LogP contribution is -2.45. The first-order valence-electron chi connectivity index (χ1n) is 5.42. The van der Waals surface area contributed by atoms with Gasteiger partial charge in [0, 0.05) is 19.5 Å². The smallest absolute Gasteiger partial charge is 0.335 e. The Hall–Kier alpha value is -1.00. The maximum atomic E-state index is 11.6. The van der Waals surface area contributed by atoms with E-state index in [1.54, 1.807) is 0 Å². The fraction of sp³-hybridized carbons (Fsp3) is 0.417. The van der Waals surface area contributed by atoms with Crippen LogP contribution >= 0.6 is 12.9 Å². The molecule has 0 N–H and O–H groups in total. The number of likely N-dealkylation sites (N-methyl/N-ethyl adjacent to an activating group) is 1. The predicted octanol–water partition coefficient (Wildman–Crippen LogP) is 1.82. The number of benzene rings is 1. The summed E-state index contributed by atoms with van der Waals surface area (Å²) in [6.07, 6.45) is 0.712. The first-order chi connectivity index (χ1) is 7.76. The Labute approximate surface area is 101 Å². The molecule has 0 amide bonds. The average molecular weight is 237 g/mol. The van der Waals surface area contributed by atoms with E-state index in [4.69, 9.17) is 0 Å². The predicted molar refractivity (Wildman–Crippen MR) is 65.1 cm³/mol. The van der Waals surface area contributed by atoms with E-state index in [9.17, 15) is 4.79 Å². The number of fused-ring (bicyclic) bond motifs is 1. The van der Waals surface area contributed by atoms with Crippen molar-refractivity contribution in [1.29, 1.82) is 0 Å². The van der Waals surface area contributed by atoms with E-state index in [0.29, 0.717) is 6.42 Å². The third-order valence-corrected chi connectivity index (χ3v) is 3.29. The zero-order valence-corrected chi connectivity index (χ0v) is 10.1. The second kappa shape index (κ2) is 4.89. The van der Waals surface area contributed by atoms with Gasteiger partial charge in [0.15, 0.2) is 0 Å². The molecule has 0 aliphatic carbocycles. The Bertz CT molecular complexity index is 394. The van der Waals surface area contributed by atoms with E-state index < -0.39 is 0 Å². The van der Waals surface area contributed by atoms with Crippen LogP contribution in [0.25, 0.3) is 0 Å². The van der Waals surface area contributed by atoms with E-state index >= 15 is 0 Å². The molecular formula is C12H15NO2S. The Morgan fingerprint density at radius 1 is 1.50 bits per heavy atom. The largest absolute Gasteiger partial charge is 0.393 e. The van der Waals surface area contributed by atoms with Gasteiger partial charge in [-0.1, -0.05) is 31.2 Å². The van der Waals surface area contributed by atoms with E-state index in [1.165, 1.54) is 11.1 Å². The van der Waals surface area contributed by atoms with Gasteiger partial charge in [0.25, 0.3) is 0 Å². The Morgan fingerprint density at radius 2 is 2.19 bits per heavy atom. The van der Waals surface area contributed by atoms with Crippen molar-refractivity contribution in [3.8, 4) is 0 Å². The molecule has 16 heavy (non-hydrogen) atoms. The number of hydrogen-bond acceptors (Lipinski definition) is 4. The first-order valence-corrected chi connectivity index (χ1v) is 5.79. The van der Waals surface area contributed by atoms with Crippen molar-refractivity contribution in [1.82, 2.24) is 4.90 Å². The minimum atomic E-state index is -0.264. The number of hydrogen-bond donors (Lipinski definition) is 1. The van der Waals surface area contributed by atoms with Crippen LogP contribution in [0.3, 0.4) is 0 Å². The van der Waals surface area contributed by atoms with Crippen molar-refractivity contribution in [3.05, 3.63) is 35.4 Å². The van der Waals surface area contributed by atoms with Gasteiger partial charge in [0.2, 0.25) is 0 Å². The highest BCUT2D eigenvalue weighted by Gasteiger charge is 2.31. The lowest BCUT2D eigenvalue weighted by Gasteiger charge is -2.33. The van der Waals surface area contributed by atoms with Crippen molar-refractivity contribution < 1.29 is 8.98 Å². The van der Waals surface area contributed by atoms with E-state index in [-0.39, 0.29) is 12.0 Å². The molecule has 0 fully saturated rings. The lowest BCUT2D eigenvalue weighted by atomic mass is 9.94. The summed E-state index contributed by atoms with van der Waals surface area (Å²) in [5, 5.41) is 0. The van der Waals surface area contributed by atoms with Gasteiger partial charge >= 0.3 is 5.97 Å². The first kappa shape index (κ1) is 11.5. The van der Waals surface area contributed by atoms with Crippen molar-refractivity contribution in [2.45, 2.75) is 25.9 Å². The van der Waals surface area contributed by atoms with E-state index in [1.807, 2.05) is 19.1 Å². The maximum Gasteiger partial charge on any atom is 0.335 e. The number of carbonyl (C=O) groups excluding carboxylic acids is 1. The number of thiol groups is 1. The van der Waals surface area contributed by atoms with Gasteiger partial charge in [-0.05, 0) is 24.1 Å². The quantitative estimate of drug-likeness (QED) is 0.628. The molecule has 2 rings (SSSR count). The standard InChI is InChI=1S/C12H15NO2S/c1-2-13-8-10-6-4-3-5-9(10)7-11(13)12(14)15-16/h3-6,11,16H,2,7-8H2,1H3. The Morgan fingerprint density at radius 3 is 2.81 bits per heavy atom. The number of nitrogens with zero attached hydrogens (tertiary/aromatic N) is 1. The fourth-order valence-electron chi connectivity index (χ4n) is 2.20. The van der Waals surface area contributed by atoms with Crippen LogP contribution in [0.15, 0.2) is 24.3 Å². The summed E-state index contributed by atoms with van der Waals surface area (Å²) in [5.74, 6) is -0.264. The van der Waals surface area contributed by atoms with Gasteiger partial charge in [-0.25, -0.2) is 4.79 Å². The molecule has 1 aliphatic heterocycles. The maximum absolute atomic E-state index is 11.6. The van der Waals surface area contributed by atoms with Gasteiger partial charge in [-0.15, -0.1) is 0 Å². The Balaban J connectivity index is 2.27. The Kier molecular flexibility index (Phi) is 3.51. The molecule has 0 radical (unpaired) electrons. The summed E-state index contributed by atoms with van der Waals surface area (Å²) in [5.41, 5.74) is 2.53. The lowest BCUT2D eigenvalue weighted by molar-refractivity contribution is -0.139. The van der Waals surface area contributed by atoms with Crippen LogP contribution in [0.2, 0.25) is 0 Å². The minimum Gasteiger partial charge on any atom is -0.393 e. The highest BCUT2D eigenvalue weighted by atomic mass is 32.1. The van der Waals surface area contributed by atoms with Crippen LogP contribution in [-0.2, 0) is 21.9 Å². The topological polar surface area (TPSA) is 29.5 Å². The van der Waals surface area contributed by atoms with Crippen LogP contribution in [0.1, 0.15) is 18.1 Å². The molecule has 1 aromatic rings.